The molecule has 3 nitrogen and oxygen atoms in total. The molecule has 0 spiro atoms. The van der Waals surface area contributed by atoms with E-state index in [0.29, 0.717) is 114 Å². The maximum atomic E-state index is 8.28. The van der Waals surface area contributed by atoms with Gasteiger partial charge in [0.1, 0.15) is 0 Å². The minimum absolute atomic E-state index is 0.611. The van der Waals surface area contributed by atoms with Gasteiger partial charge in [0, 0.05) is 0 Å². The molecule has 6 heavy (non-hydrogen) atoms. The average molecular weight is 520 g/mol. The van der Waals surface area contributed by atoms with E-state index in [1.807, 2.05) is 0 Å². The molecule has 0 aliphatic heterocycles. The van der Waals surface area contributed by atoms with Crippen molar-refractivity contribution < 1.29 is 118 Å². The van der Waals surface area contributed by atoms with Crippen molar-refractivity contribution in [1.82, 2.24) is 0 Å². The number of hydrogen-bond acceptors (Lipinski definition) is 3. The monoisotopic (exact) mass is 522 g/mol. The molecule has 42 valence electrons. The Morgan fingerprint density at radius 1 is 0.500 bits per heavy atom. The molecule has 6 heteroatoms. The Morgan fingerprint density at radius 2 is 0.500 bits per heavy atom. The summed E-state index contributed by atoms with van der Waals surface area (Å²) in [5, 5.41) is 0. The van der Waals surface area contributed by atoms with Crippen LogP contribution in [0.3, 0.4) is 0 Å². The Morgan fingerprint density at radius 3 is 0.500 bits per heavy atom. The van der Waals surface area contributed by atoms with Crippen LogP contribution in [0, 0.1) is 114 Å². The molecule has 0 atom stereocenters. The van der Waals surface area contributed by atoms with Crippen LogP contribution in [0.15, 0.2) is 0 Å². The Balaban J connectivity index is -0.0000000225. The SMILES string of the molecule is [O]=[Gd].[O]=[Gd].[O]=[Gd]. The average Bonchev–Trinajstić information content (AvgIpc) is 1.81. The van der Waals surface area contributed by atoms with Gasteiger partial charge in [-0.3, -0.25) is 0 Å². The molecule has 0 aromatic carbocycles. The van der Waals surface area contributed by atoms with Gasteiger partial charge in [-0.05, 0) is 0 Å². The van der Waals surface area contributed by atoms with Crippen LogP contribution in [0.2, 0.25) is 0 Å². The number of hydrogen-bond donors (Lipinski definition) is 0. The van der Waals surface area contributed by atoms with Crippen LogP contribution in [-0.4, -0.2) is 0 Å². The van der Waals surface area contributed by atoms with E-state index in [-0.39, 0.29) is 0 Å². The molecule has 0 N–H and O–H groups in total. The Hall–Kier alpha value is 3.37. The van der Waals surface area contributed by atoms with Crippen LogP contribution in [0.5, 0.6) is 0 Å². The molecule has 0 bridgehead atoms. The minimum atomic E-state index is 0.611. The van der Waals surface area contributed by atoms with Gasteiger partial charge in [0.05, 0.1) is 0 Å². The van der Waals surface area contributed by atoms with Crippen molar-refractivity contribution in [3.05, 3.63) is 0 Å². The van der Waals surface area contributed by atoms with Gasteiger partial charge in [0.25, 0.3) is 0 Å². The second-order valence-corrected chi connectivity index (χ2v) is 0. The van der Waals surface area contributed by atoms with Crippen LogP contribution < -0.4 is 0 Å². The summed E-state index contributed by atoms with van der Waals surface area (Å²) < 4.78 is 24.8. The summed E-state index contributed by atoms with van der Waals surface area (Å²) in [6.45, 7) is 0. The molecular formula is Gd3O3. The van der Waals surface area contributed by atoms with Gasteiger partial charge in [0.15, 0.2) is 0 Å². The van der Waals surface area contributed by atoms with Crippen molar-refractivity contribution in [2.45, 2.75) is 0 Å². The molecule has 0 saturated heterocycles. The van der Waals surface area contributed by atoms with E-state index in [1.54, 1.807) is 0 Å². The molecule has 0 aromatic rings. The summed E-state index contributed by atoms with van der Waals surface area (Å²) in [5.74, 6) is 0. The molecule has 0 aromatic heterocycles. The fourth-order valence-corrected chi connectivity index (χ4v) is 0. The quantitative estimate of drug-likeness (QED) is 0.440. The Bertz CT molecular complexity index is 10.8. The van der Waals surface area contributed by atoms with Gasteiger partial charge in [-0.25, -0.2) is 0 Å². The van der Waals surface area contributed by atoms with E-state index in [0.717, 1.165) is 0 Å². The summed E-state index contributed by atoms with van der Waals surface area (Å²) in [7, 11) is 0. The summed E-state index contributed by atoms with van der Waals surface area (Å²) in [5.41, 5.74) is 0. The third-order valence-electron chi connectivity index (χ3n) is 0. The van der Waals surface area contributed by atoms with E-state index in [4.69, 9.17) is 3.49 Å². The Labute approximate surface area is 114 Å². The van der Waals surface area contributed by atoms with Crippen molar-refractivity contribution >= 4 is 0 Å². The first-order valence-corrected chi connectivity index (χ1v) is 3.21. The van der Waals surface area contributed by atoms with Crippen molar-refractivity contribution in [3.63, 3.8) is 0 Å². The Kier molecular flexibility index (Phi) is 108. The molecule has 0 aliphatic carbocycles. The normalized spacial score (nSPS) is 2.50. The maximum absolute atomic E-state index is 8.28. The molecule has 0 saturated carbocycles. The zero-order chi connectivity index (χ0) is 6.00. The van der Waals surface area contributed by atoms with Crippen molar-refractivity contribution in [3.8, 4) is 0 Å². The van der Waals surface area contributed by atoms with Crippen molar-refractivity contribution in [2.75, 3.05) is 0 Å². The topological polar surface area (TPSA) is 51.2 Å². The fourth-order valence-electron chi connectivity index (χ4n) is 0. The fraction of sp³-hybridized carbons (Fsp3) is 0. The van der Waals surface area contributed by atoms with Crippen LogP contribution >= 0.6 is 0 Å². The molecular weight excluding hydrogens is 520 g/mol. The first-order valence-electron chi connectivity index (χ1n) is 0.433. The van der Waals surface area contributed by atoms with Crippen molar-refractivity contribution in [1.29, 1.82) is 0 Å². The van der Waals surface area contributed by atoms with Gasteiger partial charge in [-0.2, -0.15) is 0 Å². The van der Waals surface area contributed by atoms with Crippen LogP contribution in [0.25, 0.3) is 0 Å². The first-order chi connectivity index (χ1) is 3.00. The van der Waals surface area contributed by atoms with Gasteiger partial charge in [0.2, 0.25) is 0 Å². The van der Waals surface area contributed by atoms with Crippen LogP contribution in [-0.2, 0) is 3.49 Å². The van der Waals surface area contributed by atoms with Crippen molar-refractivity contribution in [2.24, 2.45) is 0 Å². The van der Waals surface area contributed by atoms with Crippen LogP contribution in [0.4, 0.5) is 0 Å². The molecule has 0 heterocycles. The second-order valence-electron chi connectivity index (χ2n) is 0. The van der Waals surface area contributed by atoms with E-state index < -0.39 is 0 Å². The third kappa shape index (κ3) is 26.3. The number of rotatable bonds is 0. The van der Waals surface area contributed by atoms with Crippen LogP contribution in [0.1, 0.15) is 0 Å². The summed E-state index contributed by atoms with van der Waals surface area (Å²) in [6, 6.07) is 0. The van der Waals surface area contributed by atoms with Gasteiger partial charge in [-0.15, -0.1) is 0 Å². The molecule has 0 radical (unpaired) electrons. The van der Waals surface area contributed by atoms with Gasteiger partial charge >= 0.3 is 118 Å². The molecule has 0 fully saturated rings. The standard InChI is InChI=1S/3Gd.3O. The van der Waals surface area contributed by atoms with E-state index in [2.05, 4.69) is 0 Å². The summed E-state index contributed by atoms with van der Waals surface area (Å²) in [6.07, 6.45) is 0. The second kappa shape index (κ2) is 40.0. The molecule has 0 unspecified atom stereocenters. The third-order valence-corrected chi connectivity index (χ3v) is 0. The molecule has 0 amide bonds. The molecule has 0 rings (SSSR count). The predicted molar refractivity (Wildman–Crippen MR) is 2.06 cm³/mol. The van der Waals surface area contributed by atoms with E-state index >= 15 is 0 Å². The summed E-state index contributed by atoms with van der Waals surface area (Å²) in [4.78, 5) is 0. The van der Waals surface area contributed by atoms with Gasteiger partial charge < -0.3 is 0 Å². The molecule has 0 aliphatic rings. The summed E-state index contributed by atoms with van der Waals surface area (Å²) >= 11 is 1.83. The predicted octanol–water partition coefficient (Wildman–Crippen LogP) is -0.356. The zero-order valence-corrected chi connectivity index (χ0v) is 9.09. The van der Waals surface area contributed by atoms with E-state index in [1.165, 1.54) is 0 Å². The van der Waals surface area contributed by atoms with E-state index in [9.17, 15) is 0 Å². The first kappa shape index (κ1) is 16.2. The van der Waals surface area contributed by atoms with Gasteiger partial charge in [-0.1, -0.05) is 0 Å². The zero-order valence-electron chi connectivity index (χ0n) is 2.29.